The second-order valence-electron chi connectivity index (χ2n) is 6.71. The molecule has 1 aliphatic heterocycles. The highest BCUT2D eigenvalue weighted by Crippen LogP contribution is 2.32. The summed E-state index contributed by atoms with van der Waals surface area (Å²) < 4.78 is 40.4. The molecule has 1 saturated heterocycles. The molecule has 0 bridgehead atoms. The summed E-state index contributed by atoms with van der Waals surface area (Å²) in [4.78, 5) is 0. The van der Waals surface area contributed by atoms with Gasteiger partial charge in [-0.1, -0.05) is 66.7 Å². The predicted molar refractivity (Wildman–Crippen MR) is 101 cm³/mol. The molecule has 0 unspecified atom stereocenters. The van der Waals surface area contributed by atoms with E-state index < -0.39 is 11.6 Å². The third-order valence-electron chi connectivity index (χ3n) is 4.92. The molecule has 0 saturated carbocycles. The van der Waals surface area contributed by atoms with Gasteiger partial charge in [0.05, 0.1) is 13.2 Å². The van der Waals surface area contributed by atoms with Gasteiger partial charge in [0.1, 0.15) is 0 Å². The smallest absolute Gasteiger partial charge is 0.167 e. The number of rotatable bonds is 3. The number of halogens is 2. The summed E-state index contributed by atoms with van der Waals surface area (Å²) in [6, 6.07) is 19.7. The first kappa shape index (κ1) is 17.8. The molecule has 1 heterocycles. The zero-order valence-corrected chi connectivity index (χ0v) is 15.0. The molecule has 3 aromatic carbocycles. The van der Waals surface area contributed by atoms with Crippen molar-refractivity contribution in [3.05, 3.63) is 83.9 Å². The molecule has 0 radical (unpaired) electrons. The quantitative estimate of drug-likeness (QED) is 0.585. The van der Waals surface area contributed by atoms with Crippen LogP contribution >= 0.6 is 0 Å². The Hall–Kier alpha value is -2.56. The lowest BCUT2D eigenvalue weighted by Gasteiger charge is -2.27. The van der Waals surface area contributed by atoms with Crippen LogP contribution < -0.4 is 0 Å². The Bertz CT molecular complexity index is 915. The third-order valence-corrected chi connectivity index (χ3v) is 4.92. The molecule has 0 spiro atoms. The Labute approximate surface area is 157 Å². The van der Waals surface area contributed by atoms with E-state index in [1.165, 1.54) is 0 Å². The van der Waals surface area contributed by atoms with Crippen LogP contribution in [-0.2, 0) is 9.47 Å². The molecule has 2 nitrogen and oxygen atoms in total. The van der Waals surface area contributed by atoms with Crippen molar-refractivity contribution in [2.45, 2.75) is 19.1 Å². The molecule has 1 fully saturated rings. The van der Waals surface area contributed by atoms with Gasteiger partial charge in [0.2, 0.25) is 0 Å². The largest absolute Gasteiger partial charge is 0.352 e. The third kappa shape index (κ3) is 3.64. The van der Waals surface area contributed by atoms with Gasteiger partial charge in [0, 0.05) is 17.0 Å². The van der Waals surface area contributed by atoms with Crippen molar-refractivity contribution in [2.75, 3.05) is 13.2 Å². The average molecular weight is 366 g/mol. The highest BCUT2D eigenvalue weighted by atomic mass is 19.2. The summed E-state index contributed by atoms with van der Waals surface area (Å²) in [6.45, 7) is 3.06. The van der Waals surface area contributed by atoms with E-state index in [2.05, 4.69) is 0 Å². The zero-order valence-electron chi connectivity index (χ0n) is 15.0. The fourth-order valence-corrected chi connectivity index (χ4v) is 3.34. The van der Waals surface area contributed by atoms with E-state index in [1.807, 2.05) is 37.3 Å². The highest BCUT2D eigenvalue weighted by Gasteiger charge is 2.21. The molecule has 4 heteroatoms. The molecule has 3 aromatic rings. The maximum Gasteiger partial charge on any atom is 0.167 e. The SMILES string of the molecule is CC1OCC(c2ccc(-c3ccc(-c4ccccc4)c(F)c3F)cc2)CO1. The standard InChI is InChI=1S/C23H20F2O2/c1-15-26-13-19(14-27-15)16-7-9-18(10-8-16)21-12-11-20(22(24)23(21)25)17-5-3-2-4-6-17/h2-12,15,19H,13-14H2,1H3. The lowest BCUT2D eigenvalue weighted by Crippen LogP contribution is -2.28. The van der Waals surface area contributed by atoms with Crippen molar-refractivity contribution < 1.29 is 18.3 Å². The number of ether oxygens (including phenoxy) is 2. The van der Waals surface area contributed by atoms with Gasteiger partial charge in [-0.3, -0.25) is 0 Å². The molecule has 0 N–H and O–H groups in total. The maximum absolute atomic E-state index is 14.7. The van der Waals surface area contributed by atoms with Gasteiger partial charge in [-0.2, -0.15) is 0 Å². The average Bonchev–Trinajstić information content (AvgIpc) is 2.71. The molecule has 27 heavy (non-hydrogen) atoms. The van der Waals surface area contributed by atoms with Gasteiger partial charge in [-0.25, -0.2) is 8.78 Å². The minimum Gasteiger partial charge on any atom is -0.352 e. The second kappa shape index (κ2) is 7.59. The molecule has 138 valence electrons. The summed E-state index contributed by atoms with van der Waals surface area (Å²) in [5, 5.41) is 0. The summed E-state index contributed by atoms with van der Waals surface area (Å²) in [5.41, 5.74) is 2.87. The van der Waals surface area contributed by atoms with Crippen LogP contribution in [0.4, 0.5) is 8.78 Å². The Balaban J connectivity index is 1.61. The van der Waals surface area contributed by atoms with E-state index in [-0.39, 0.29) is 23.3 Å². The minimum absolute atomic E-state index is 0.150. The predicted octanol–water partition coefficient (Wildman–Crippen LogP) is 5.78. The fourth-order valence-electron chi connectivity index (χ4n) is 3.34. The molecule has 0 aromatic heterocycles. The Morgan fingerprint density at radius 1 is 0.704 bits per heavy atom. The normalized spacial score (nSPS) is 19.8. The Morgan fingerprint density at radius 3 is 1.78 bits per heavy atom. The molecule has 0 atom stereocenters. The first-order valence-corrected chi connectivity index (χ1v) is 9.00. The molecule has 0 amide bonds. The Morgan fingerprint density at radius 2 is 1.22 bits per heavy atom. The molecule has 1 aliphatic rings. The first-order valence-electron chi connectivity index (χ1n) is 9.00. The van der Waals surface area contributed by atoms with Crippen LogP contribution in [0.5, 0.6) is 0 Å². The molecule has 0 aliphatic carbocycles. The highest BCUT2D eigenvalue weighted by molar-refractivity contribution is 5.71. The van der Waals surface area contributed by atoms with E-state index in [4.69, 9.17) is 9.47 Å². The van der Waals surface area contributed by atoms with Gasteiger partial charge < -0.3 is 9.47 Å². The van der Waals surface area contributed by atoms with Crippen molar-refractivity contribution in [1.29, 1.82) is 0 Å². The summed E-state index contributed by atoms with van der Waals surface area (Å²) in [6.07, 6.45) is -0.180. The van der Waals surface area contributed by atoms with Crippen LogP contribution in [-0.4, -0.2) is 19.5 Å². The van der Waals surface area contributed by atoms with Crippen molar-refractivity contribution in [1.82, 2.24) is 0 Å². The lowest BCUT2D eigenvalue weighted by atomic mass is 9.95. The van der Waals surface area contributed by atoms with Crippen molar-refractivity contribution in [3.63, 3.8) is 0 Å². The lowest BCUT2D eigenvalue weighted by molar-refractivity contribution is -0.176. The van der Waals surface area contributed by atoms with Crippen LogP contribution in [0, 0.1) is 11.6 Å². The van der Waals surface area contributed by atoms with E-state index in [9.17, 15) is 8.78 Å². The van der Waals surface area contributed by atoms with Crippen LogP contribution in [0.25, 0.3) is 22.3 Å². The van der Waals surface area contributed by atoms with E-state index in [1.54, 1.807) is 36.4 Å². The fraction of sp³-hybridized carbons (Fsp3) is 0.217. The van der Waals surface area contributed by atoms with Crippen LogP contribution in [0.2, 0.25) is 0 Å². The van der Waals surface area contributed by atoms with E-state index in [0.717, 1.165) is 5.56 Å². The summed E-state index contributed by atoms with van der Waals surface area (Å²) in [7, 11) is 0. The number of hydrogen-bond acceptors (Lipinski definition) is 2. The van der Waals surface area contributed by atoms with Gasteiger partial charge in [-0.05, 0) is 23.6 Å². The molecule has 4 rings (SSSR count). The summed E-state index contributed by atoms with van der Waals surface area (Å²) in [5.74, 6) is -1.51. The number of benzene rings is 3. The number of hydrogen-bond donors (Lipinski definition) is 0. The summed E-state index contributed by atoms with van der Waals surface area (Å²) >= 11 is 0. The molecular formula is C23H20F2O2. The van der Waals surface area contributed by atoms with Crippen molar-refractivity contribution >= 4 is 0 Å². The van der Waals surface area contributed by atoms with Crippen LogP contribution in [0.3, 0.4) is 0 Å². The van der Waals surface area contributed by atoms with Crippen LogP contribution in [0.15, 0.2) is 66.7 Å². The minimum atomic E-state index is -0.831. The molecular weight excluding hydrogens is 346 g/mol. The first-order chi connectivity index (χ1) is 13.1. The van der Waals surface area contributed by atoms with E-state index in [0.29, 0.717) is 24.3 Å². The van der Waals surface area contributed by atoms with Gasteiger partial charge in [0.15, 0.2) is 17.9 Å². The second-order valence-corrected chi connectivity index (χ2v) is 6.71. The van der Waals surface area contributed by atoms with Crippen molar-refractivity contribution in [3.8, 4) is 22.3 Å². The van der Waals surface area contributed by atoms with Crippen molar-refractivity contribution in [2.24, 2.45) is 0 Å². The van der Waals surface area contributed by atoms with Crippen LogP contribution in [0.1, 0.15) is 18.4 Å². The van der Waals surface area contributed by atoms with Gasteiger partial charge in [-0.15, -0.1) is 0 Å². The Kier molecular flexibility index (Phi) is 5.01. The monoisotopic (exact) mass is 366 g/mol. The van der Waals surface area contributed by atoms with E-state index >= 15 is 0 Å². The zero-order chi connectivity index (χ0) is 18.8. The maximum atomic E-state index is 14.7. The van der Waals surface area contributed by atoms with Gasteiger partial charge >= 0.3 is 0 Å². The topological polar surface area (TPSA) is 18.5 Å². The van der Waals surface area contributed by atoms with Gasteiger partial charge in [0.25, 0.3) is 0 Å².